The van der Waals surface area contributed by atoms with Crippen molar-refractivity contribution >= 4 is 38.4 Å². The summed E-state index contributed by atoms with van der Waals surface area (Å²) in [6, 6.07) is 11.3. The Hall–Kier alpha value is -3.77. The van der Waals surface area contributed by atoms with Gasteiger partial charge < -0.3 is 15.1 Å². The fraction of sp³-hybridized carbons (Fsp3) is 0.111. The molecule has 11 nitrogen and oxygen atoms in total. The summed E-state index contributed by atoms with van der Waals surface area (Å²) in [4.78, 5) is 17.7. The van der Waals surface area contributed by atoms with Gasteiger partial charge in [0.25, 0.3) is 0 Å². The number of benzene rings is 1. The van der Waals surface area contributed by atoms with Gasteiger partial charge in [-0.1, -0.05) is 0 Å². The third-order valence-corrected chi connectivity index (χ3v) is 5.48. The molecular weight excluding hydrogens is 410 g/mol. The minimum atomic E-state index is -3.74. The number of oxazole rings is 1. The molecular formula is C18H17N7O4S. The van der Waals surface area contributed by atoms with E-state index in [1.165, 1.54) is 18.2 Å². The van der Waals surface area contributed by atoms with Crippen molar-refractivity contribution in [3.63, 3.8) is 0 Å². The lowest BCUT2D eigenvalue weighted by atomic mass is 10.3. The molecule has 30 heavy (non-hydrogen) atoms. The van der Waals surface area contributed by atoms with Crippen LogP contribution in [0, 0.1) is 0 Å². The van der Waals surface area contributed by atoms with E-state index in [-0.39, 0.29) is 11.4 Å². The molecule has 0 aliphatic heterocycles. The molecule has 0 saturated carbocycles. The number of pyridine rings is 1. The van der Waals surface area contributed by atoms with Crippen LogP contribution in [0.3, 0.4) is 0 Å². The molecule has 4 rings (SSSR count). The minimum Gasteiger partial charge on any atom is -0.408 e. The van der Waals surface area contributed by atoms with Gasteiger partial charge in [-0.15, -0.1) is 10.2 Å². The summed E-state index contributed by atoms with van der Waals surface area (Å²) in [5.41, 5.74) is 1.40. The van der Waals surface area contributed by atoms with E-state index in [2.05, 4.69) is 35.5 Å². The summed E-state index contributed by atoms with van der Waals surface area (Å²) in [6.07, 6.45) is 3.34. The summed E-state index contributed by atoms with van der Waals surface area (Å²) in [7, 11) is -3.74. The lowest BCUT2D eigenvalue weighted by Crippen LogP contribution is -2.29. The van der Waals surface area contributed by atoms with Crippen LogP contribution in [-0.2, 0) is 10.0 Å². The molecule has 3 heterocycles. The number of sulfonamides is 1. The van der Waals surface area contributed by atoms with Crippen molar-refractivity contribution in [2.75, 3.05) is 23.7 Å². The van der Waals surface area contributed by atoms with Crippen LogP contribution in [0.5, 0.6) is 0 Å². The highest BCUT2D eigenvalue weighted by atomic mass is 32.2. The number of rotatable bonds is 8. The highest BCUT2D eigenvalue weighted by molar-refractivity contribution is 7.89. The lowest BCUT2D eigenvalue weighted by molar-refractivity contribution is 0.555. The maximum absolute atomic E-state index is 12.4. The number of H-pyrrole nitrogens is 1. The smallest absolute Gasteiger partial charge is 0.408 e. The van der Waals surface area contributed by atoms with E-state index in [1.807, 2.05) is 6.07 Å². The molecule has 0 aliphatic rings. The fourth-order valence-electron chi connectivity index (χ4n) is 2.64. The standard InChI is InChI=1S/C18H17N7O4S/c26-18-23-14-10-13(3-4-15(14)29-18)30(27,28)21-9-8-20-16-5-6-17(25-24-16)22-12-2-1-7-19-11-12/h1-7,10-11,21H,8-9H2,(H,20,24)(H,22,25)(H,23,26). The number of nitrogens with one attached hydrogen (secondary N) is 4. The van der Waals surface area contributed by atoms with E-state index in [0.717, 1.165) is 5.69 Å². The quantitative estimate of drug-likeness (QED) is 0.306. The molecule has 0 radical (unpaired) electrons. The molecule has 1 aromatic carbocycles. The molecule has 0 saturated heterocycles. The van der Waals surface area contributed by atoms with E-state index in [0.29, 0.717) is 29.3 Å². The highest BCUT2D eigenvalue weighted by Crippen LogP contribution is 2.16. The van der Waals surface area contributed by atoms with Crippen molar-refractivity contribution < 1.29 is 12.8 Å². The minimum absolute atomic E-state index is 0.0256. The molecule has 4 aromatic rings. The van der Waals surface area contributed by atoms with E-state index in [4.69, 9.17) is 4.42 Å². The maximum atomic E-state index is 12.4. The molecule has 154 valence electrons. The lowest BCUT2D eigenvalue weighted by Gasteiger charge is -2.09. The molecule has 0 fully saturated rings. The van der Waals surface area contributed by atoms with Gasteiger partial charge in [0.15, 0.2) is 11.4 Å². The topological polar surface area (TPSA) is 155 Å². The first kappa shape index (κ1) is 19.5. The maximum Gasteiger partial charge on any atom is 0.417 e. The summed E-state index contributed by atoms with van der Waals surface area (Å²) in [6.45, 7) is 0.424. The Morgan fingerprint density at radius 2 is 1.87 bits per heavy atom. The van der Waals surface area contributed by atoms with E-state index >= 15 is 0 Å². The van der Waals surface area contributed by atoms with Crippen LogP contribution in [0.2, 0.25) is 0 Å². The van der Waals surface area contributed by atoms with Gasteiger partial charge in [-0.2, -0.15) is 0 Å². The van der Waals surface area contributed by atoms with Gasteiger partial charge in [0, 0.05) is 19.3 Å². The van der Waals surface area contributed by atoms with Crippen LogP contribution < -0.4 is 21.1 Å². The van der Waals surface area contributed by atoms with Crippen molar-refractivity contribution in [2.45, 2.75) is 4.90 Å². The Bertz CT molecular complexity index is 1300. The molecule has 0 atom stereocenters. The molecule has 3 aromatic heterocycles. The fourth-order valence-corrected chi connectivity index (χ4v) is 3.69. The van der Waals surface area contributed by atoms with Crippen molar-refractivity contribution in [2.24, 2.45) is 0 Å². The van der Waals surface area contributed by atoms with Crippen LogP contribution in [-0.4, -0.2) is 41.7 Å². The zero-order valence-corrected chi connectivity index (χ0v) is 16.3. The third-order valence-electron chi connectivity index (χ3n) is 4.02. The predicted octanol–water partition coefficient (Wildman–Crippen LogP) is 1.44. The first-order valence-corrected chi connectivity index (χ1v) is 10.4. The molecule has 0 aliphatic carbocycles. The number of nitrogens with zero attached hydrogens (tertiary/aromatic N) is 3. The number of aromatic amines is 1. The summed E-state index contributed by atoms with van der Waals surface area (Å²) < 4.78 is 32.2. The number of fused-ring (bicyclic) bond motifs is 1. The summed E-state index contributed by atoms with van der Waals surface area (Å²) in [5, 5.41) is 14.1. The van der Waals surface area contributed by atoms with Gasteiger partial charge in [-0.25, -0.2) is 17.9 Å². The molecule has 0 bridgehead atoms. The average Bonchev–Trinajstić information content (AvgIpc) is 3.12. The molecule has 0 amide bonds. The Morgan fingerprint density at radius 1 is 1.03 bits per heavy atom. The molecule has 12 heteroatoms. The van der Waals surface area contributed by atoms with Crippen LogP contribution in [0.1, 0.15) is 0 Å². The number of hydrogen-bond acceptors (Lipinski definition) is 9. The zero-order chi connectivity index (χ0) is 21.0. The second-order valence-corrected chi connectivity index (χ2v) is 7.93. The summed E-state index contributed by atoms with van der Waals surface area (Å²) >= 11 is 0. The third kappa shape index (κ3) is 4.61. The number of aromatic nitrogens is 4. The number of hydrogen-bond donors (Lipinski definition) is 4. The van der Waals surface area contributed by atoms with Crippen molar-refractivity contribution in [1.82, 2.24) is 24.9 Å². The van der Waals surface area contributed by atoms with Gasteiger partial charge in [-0.3, -0.25) is 9.97 Å². The largest absolute Gasteiger partial charge is 0.417 e. The van der Waals surface area contributed by atoms with Gasteiger partial charge >= 0.3 is 5.76 Å². The Balaban J connectivity index is 1.30. The first-order valence-electron chi connectivity index (χ1n) is 8.87. The van der Waals surface area contributed by atoms with E-state index in [9.17, 15) is 13.2 Å². The summed E-state index contributed by atoms with van der Waals surface area (Å²) in [5.74, 6) is 0.421. The predicted molar refractivity (Wildman–Crippen MR) is 110 cm³/mol. The van der Waals surface area contributed by atoms with Crippen molar-refractivity contribution in [3.8, 4) is 0 Å². The van der Waals surface area contributed by atoms with Crippen molar-refractivity contribution in [1.29, 1.82) is 0 Å². The van der Waals surface area contributed by atoms with Gasteiger partial charge in [0.1, 0.15) is 5.82 Å². The molecule has 0 spiro atoms. The van der Waals surface area contributed by atoms with Crippen LogP contribution in [0.4, 0.5) is 17.3 Å². The van der Waals surface area contributed by atoms with E-state index < -0.39 is 15.8 Å². The first-order chi connectivity index (χ1) is 14.5. The van der Waals surface area contributed by atoms with Crippen molar-refractivity contribution in [3.05, 3.63) is 65.4 Å². The van der Waals surface area contributed by atoms with Gasteiger partial charge in [0.05, 0.1) is 22.3 Å². The monoisotopic (exact) mass is 427 g/mol. The number of anilines is 3. The Labute approximate surface area is 170 Å². The van der Waals surface area contributed by atoms with Crippen LogP contribution >= 0.6 is 0 Å². The second kappa shape index (κ2) is 8.31. The Kier molecular flexibility index (Phi) is 5.41. The van der Waals surface area contributed by atoms with Crippen LogP contribution in [0.15, 0.2) is 69.0 Å². The SMILES string of the molecule is O=c1[nH]c2cc(S(=O)(=O)NCCNc3ccc(Nc4cccnc4)nn3)ccc2o1. The Morgan fingerprint density at radius 3 is 2.63 bits per heavy atom. The van der Waals surface area contributed by atoms with Crippen LogP contribution in [0.25, 0.3) is 11.1 Å². The highest BCUT2D eigenvalue weighted by Gasteiger charge is 2.15. The normalized spacial score (nSPS) is 11.5. The van der Waals surface area contributed by atoms with Gasteiger partial charge in [0.2, 0.25) is 10.0 Å². The van der Waals surface area contributed by atoms with E-state index in [1.54, 1.807) is 30.6 Å². The molecule has 4 N–H and O–H groups in total. The second-order valence-electron chi connectivity index (χ2n) is 6.17. The average molecular weight is 427 g/mol. The van der Waals surface area contributed by atoms with Gasteiger partial charge in [-0.05, 0) is 42.5 Å². The zero-order valence-electron chi connectivity index (χ0n) is 15.5. The molecule has 0 unspecified atom stereocenters.